The second-order valence-corrected chi connectivity index (χ2v) is 9.55. The van der Waals surface area contributed by atoms with Crippen LogP contribution in [0.1, 0.15) is 11.3 Å². The Morgan fingerprint density at radius 2 is 1.81 bits per heavy atom. The van der Waals surface area contributed by atoms with Gasteiger partial charge in [-0.05, 0) is 17.7 Å². The third kappa shape index (κ3) is 5.26. The van der Waals surface area contributed by atoms with Crippen LogP contribution < -0.4 is 10.2 Å². The topological polar surface area (TPSA) is 94.3 Å². The summed E-state index contributed by atoms with van der Waals surface area (Å²) in [5.41, 5.74) is 2.82. The van der Waals surface area contributed by atoms with Gasteiger partial charge in [-0.1, -0.05) is 29.4 Å². The largest absolute Gasteiger partial charge is 0.364 e. The van der Waals surface area contributed by atoms with E-state index < -0.39 is 10.0 Å². The van der Waals surface area contributed by atoms with E-state index >= 15 is 0 Å². The van der Waals surface area contributed by atoms with Crippen molar-refractivity contribution >= 4 is 21.7 Å². The Kier molecular flexibility index (Phi) is 6.57. The zero-order chi connectivity index (χ0) is 21.7. The summed E-state index contributed by atoms with van der Waals surface area (Å²) in [4.78, 5) is 8.78. The van der Waals surface area contributed by atoms with Crippen LogP contribution in [0, 0.1) is 0 Å². The fraction of sp³-hybridized carbons (Fsp3) is 0.429. The molecule has 0 saturated carbocycles. The molecule has 0 bridgehead atoms. The molecular weight excluding hydrogens is 416 g/mol. The van der Waals surface area contributed by atoms with E-state index in [1.165, 1.54) is 21.8 Å². The lowest BCUT2D eigenvalue weighted by Crippen LogP contribution is -2.53. The van der Waals surface area contributed by atoms with Crippen molar-refractivity contribution in [3.05, 3.63) is 60.0 Å². The first-order chi connectivity index (χ1) is 15.0. The quantitative estimate of drug-likeness (QED) is 0.407. The van der Waals surface area contributed by atoms with Crippen LogP contribution in [0.25, 0.3) is 0 Å². The standard InChI is InChI=1S/C21H28N6O3S/c1-22-21(23-16-18-4-6-20(7-5-18)25-9-2-3-10-25)26-11-13-27(14-12-26)31(28,29)17-19-8-15-30-24-19/h2-8,15H,9-14,16-17H2,1H3,(H,22,23). The molecule has 1 aromatic carbocycles. The van der Waals surface area contributed by atoms with Crippen LogP contribution in [0.3, 0.4) is 0 Å². The Morgan fingerprint density at radius 1 is 1.10 bits per heavy atom. The minimum absolute atomic E-state index is 0.139. The average Bonchev–Trinajstić information content (AvgIpc) is 3.49. The number of aliphatic imine (C=N–C) groups is 1. The molecule has 2 aliphatic heterocycles. The van der Waals surface area contributed by atoms with Crippen molar-refractivity contribution < 1.29 is 12.9 Å². The van der Waals surface area contributed by atoms with Gasteiger partial charge in [0, 0.05) is 64.6 Å². The third-order valence-electron chi connectivity index (χ3n) is 5.54. The number of nitrogens with zero attached hydrogens (tertiary/aromatic N) is 5. The van der Waals surface area contributed by atoms with Gasteiger partial charge in [0.15, 0.2) is 5.96 Å². The van der Waals surface area contributed by atoms with Gasteiger partial charge in [0.2, 0.25) is 10.0 Å². The Bertz CT molecular complexity index is 1000. The highest BCUT2D eigenvalue weighted by Gasteiger charge is 2.29. The molecule has 10 heteroatoms. The van der Waals surface area contributed by atoms with Crippen LogP contribution in [0.2, 0.25) is 0 Å². The number of nitrogens with one attached hydrogen (secondary N) is 1. The van der Waals surface area contributed by atoms with Crippen molar-refractivity contribution in [2.75, 3.05) is 51.2 Å². The third-order valence-corrected chi connectivity index (χ3v) is 7.35. The van der Waals surface area contributed by atoms with Crippen molar-refractivity contribution in [1.82, 2.24) is 19.7 Å². The second kappa shape index (κ2) is 9.52. The number of guanidine groups is 1. The number of hydrogen-bond donors (Lipinski definition) is 1. The molecule has 1 aromatic heterocycles. The van der Waals surface area contributed by atoms with E-state index in [0.717, 1.165) is 19.0 Å². The highest BCUT2D eigenvalue weighted by atomic mass is 32.2. The maximum absolute atomic E-state index is 12.6. The first-order valence-corrected chi connectivity index (χ1v) is 12.0. The number of anilines is 1. The monoisotopic (exact) mass is 444 g/mol. The lowest BCUT2D eigenvalue weighted by molar-refractivity contribution is 0.259. The molecule has 4 rings (SSSR count). The summed E-state index contributed by atoms with van der Waals surface area (Å²) in [6.07, 6.45) is 5.74. The van der Waals surface area contributed by atoms with Gasteiger partial charge in [0.05, 0.1) is 5.69 Å². The minimum Gasteiger partial charge on any atom is -0.364 e. The number of benzene rings is 1. The fourth-order valence-corrected chi connectivity index (χ4v) is 5.22. The summed E-state index contributed by atoms with van der Waals surface area (Å²) in [7, 11) is -1.66. The summed E-state index contributed by atoms with van der Waals surface area (Å²) in [5.74, 6) is 0.640. The smallest absolute Gasteiger partial charge is 0.220 e. The number of sulfonamides is 1. The van der Waals surface area contributed by atoms with Gasteiger partial charge < -0.3 is 19.6 Å². The molecule has 2 aliphatic rings. The van der Waals surface area contributed by atoms with E-state index in [9.17, 15) is 8.42 Å². The molecule has 3 heterocycles. The summed E-state index contributed by atoms with van der Waals surface area (Å²) in [5, 5.41) is 7.10. The number of aromatic nitrogens is 1. The molecule has 166 valence electrons. The van der Waals surface area contributed by atoms with Crippen LogP contribution >= 0.6 is 0 Å². The first kappa shape index (κ1) is 21.4. The molecule has 0 unspecified atom stereocenters. The Labute approximate surface area is 183 Å². The van der Waals surface area contributed by atoms with E-state index in [-0.39, 0.29) is 5.75 Å². The van der Waals surface area contributed by atoms with E-state index in [1.807, 2.05) is 0 Å². The Balaban J connectivity index is 1.27. The molecular formula is C21H28N6O3S. The van der Waals surface area contributed by atoms with Crippen LogP contribution in [-0.4, -0.2) is 75.1 Å². The first-order valence-electron chi connectivity index (χ1n) is 10.4. The molecule has 0 atom stereocenters. The predicted octanol–water partition coefficient (Wildman–Crippen LogP) is 1.27. The maximum Gasteiger partial charge on any atom is 0.220 e. The van der Waals surface area contributed by atoms with Crippen LogP contribution in [0.15, 0.2) is 58.3 Å². The summed E-state index contributed by atoms with van der Waals surface area (Å²) >= 11 is 0. The summed E-state index contributed by atoms with van der Waals surface area (Å²) < 4.78 is 31.5. The van der Waals surface area contributed by atoms with E-state index in [1.54, 1.807) is 13.1 Å². The highest BCUT2D eigenvalue weighted by molar-refractivity contribution is 7.88. The molecule has 31 heavy (non-hydrogen) atoms. The minimum atomic E-state index is -3.41. The number of rotatable bonds is 6. The summed E-state index contributed by atoms with van der Waals surface area (Å²) in [6, 6.07) is 10.1. The van der Waals surface area contributed by atoms with Crippen molar-refractivity contribution in [2.45, 2.75) is 12.3 Å². The molecule has 0 radical (unpaired) electrons. The predicted molar refractivity (Wildman–Crippen MR) is 120 cm³/mol. The van der Waals surface area contributed by atoms with E-state index in [0.29, 0.717) is 38.4 Å². The van der Waals surface area contributed by atoms with Crippen molar-refractivity contribution in [3.8, 4) is 0 Å². The van der Waals surface area contributed by atoms with Gasteiger partial charge in [-0.25, -0.2) is 8.42 Å². The summed E-state index contributed by atoms with van der Waals surface area (Å²) in [6.45, 7) is 4.58. The van der Waals surface area contributed by atoms with Gasteiger partial charge in [-0.15, -0.1) is 0 Å². The van der Waals surface area contributed by atoms with Gasteiger partial charge in [-0.2, -0.15) is 4.31 Å². The van der Waals surface area contributed by atoms with Crippen LogP contribution in [0.4, 0.5) is 5.69 Å². The zero-order valence-corrected chi connectivity index (χ0v) is 18.5. The van der Waals surface area contributed by atoms with E-state index in [2.05, 4.69) is 61.7 Å². The average molecular weight is 445 g/mol. The molecule has 0 spiro atoms. The van der Waals surface area contributed by atoms with Gasteiger partial charge in [-0.3, -0.25) is 4.99 Å². The highest BCUT2D eigenvalue weighted by Crippen LogP contribution is 2.18. The molecule has 1 saturated heterocycles. The van der Waals surface area contributed by atoms with Crippen molar-refractivity contribution in [2.24, 2.45) is 4.99 Å². The molecule has 0 aliphatic carbocycles. The molecule has 0 amide bonds. The number of hydrogen-bond acceptors (Lipinski definition) is 6. The number of piperazine rings is 1. The van der Waals surface area contributed by atoms with Crippen LogP contribution in [-0.2, 0) is 22.3 Å². The lowest BCUT2D eigenvalue weighted by Gasteiger charge is -2.35. The lowest BCUT2D eigenvalue weighted by atomic mass is 10.2. The molecule has 9 nitrogen and oxygen atoms in total. The van der Waals surface area contributed by atoms with Gasteiger partial charge >= 0.3 is 0 Å². The van der Waals surface area contributed by atoms with Gasteiger partial charge in [0.1, 0.15) is 12.0 Å². The Morgan fingerprint density at radius 3 is 2.42 bits per heavy atom. The molecule has 2 aromatic rings. The Hall–Kier alpha value is -2.85. The van der Waals surface area contributed by atoms with E-state index in [4.69, 9.17) is 4.52 Å². The fourth-order valence-electron chi connectivity index (χ4n) is 3.80. The molecule has 1 fully saturated rings. The van der Waals surface area contributed by atoms with Crippen molar-refractivity contribution in [3.63, 3.8) is 0 Å². The second-order valence-electron chi connectivity index (χ2n) is 7.58. The zero-order valence-electron chi connectivity index (χ0n) is 17.6. The maximum atomic E-state index is 12.6. The van der Waals surface area contributed by atoms with Crippen molar-refractivity contribution in [1.29, 1.82) is 0 Å². The molecule has 1 N–H and O–H groups in total. The van der Waals surface area contributed by atoms with Gasteiger partial charge in [0.25, 0.3) is 0 Å². The van der Waals surface area contributed by atoms with Crippen LogP contribution in [0.5, 0.6) is 0 Å². The normalized spacial score (nSPS) is 18.0. The SMILES string of the molecule is CN=C(NCc1ccc(N2CC=CC2)cc1)N1CCN(S(=O)(=O)Cc2ccon2)CC1.